The maximum atomic E-state index is 13.7. The van der Waals surface area contributed by atoms with Crippen LogP contribution in [0, 0.1) is 5.82 Å². The maximum absolute atomic E-state index is 13.7. The van der Waals surface area contributed by atoms with E-state index in [0.717, 1.165) is 4.47 Å². The van der Waals surface area contributed by atoms with Gasteiger partial charge < -0.3 is 15.4 Å². The summed E-state index contributed by atoms with van der Waals surface area (Å²) in [7, 11) is 1.59. The van der Waals surface area contributed by atoms with Crippen LogP contribution in [0.2, 0.25) is 0 Å². The number of hydrogen-bond acceptors (Lipinski definition) is 3. The van der Waals surface area contributed by atoms with Crippen molar-refractivity contribution in [3.8, 4) is 0 Å². The first-order valence-electron chi connectivity index (χ1n) is 6.48. The van der Waals surface area contributed by atoms with Crippen molar-refractivity contribution in [2.75, 3.05) is 26.8 Å². The summed E-state index contributed by atoms with van der Waals surface area (Å²) in [6.07, 6.45) is 0.351. The molecule has 1 aromatic rings. The number of nitrogens with one attached hydrogen (secondary N) is 2. The number of hydrogen-bond donors (Lipinski definition) is 2. The highest BCUT2D eigenvalue weighted by Gasteiger charge is 2.11. The van der Waals surface area contributed by atoms with E-state index in [1.165, 1.54) is 6.07 Å². The van der Waals surface area contributed by atoms with E-state index in [1.807, 2.05) is 6.92 Å². The van der Waals surface area contributed by atoms with Crippen LogP contribution in [0.5, 0.6) is 0 Å². The number of ether oxygens (including phenoxy) is 1. The number of carbonyl (C=O) groups excluding carboxylic acids is 1. The van der Waals surface area contributed by atoms with Crippen molar-refractivity contribution in [2.45, 2.75) is 19.4 Å². The van der Waals surface area contributed by atoms with Crippen LogP contribution >= 0.6 is 15.9 Å². The largest absolute Gasteiger partial charge is 0.383 e. The smallest absolute Gasteiger partial charge is 0.221 e. The lowest BCUT2D eigenvalue weighted by Gasteiger charge is -2.15. The third-order valence-corrected chi connectivity index (χ3v) is 3.35. The van der Waals surface area contributed by atoms with Crippen LogP contribution in [0.3, 0.4) is 0 Å². The van der Waals surface area contributed by atoms with E-state index >= 15 is 0 Å². The third-order valence-electron chi connectivity index (χ3n) is 2.86. The number of rotatable bonds is 8. The molecular weight excluding hydrogens is 327 g/mol. The van der Waals surface area contributed by atoms with Gasteiger partial charge in [0.2, 0.25) is 5.91 Å². The Morgan fingerprint density at radius 3 is 2.90 bits per heavy atom. The highest BCUT2D eigenvalue weighted by atomic mass is 79.9. The molecule has 6 heteroatoms. The average Bonchev–Trinajstić information content (AvgIpc) is 2.41. The molecule has 112 valence electrons. The zero-order valence-electron chi connectivity index (χ0n) is 11.7. The molecule has 1 amide bonds. The van der Waals surface area contributed by atoms with Crippen LogP contribution in [0.25, 0.3) is 0 Å². The summed E-state index contributed by atoms with van der Waals surface area (Å²) < 4.78 is 19.3. The minimum Gasteiger partial charge on any atom is -0.383 e. The molecule has 0 aliphatic carbocycles. The number of halogens is 2. The lowest BCUT2D eigenvalue weighted by atomic mass is 10.1. The summed E-state index contributed by atoms with van der Waals surface area (Å²) in [5.41, 5.74) is 0.583. The molecular formula is C14H20BrFN2O2. The van der Waals surface area contributed by atoms with E-state index in [2.05, 4.69) is 26.6 Å². The SMILES string of the molecule is COCCNC(=O)CCNC(C)c1cc(Br)ccc1F. The Kier molecular flexibility index (Phi) is 7.72. The Balaban J connectivity index is 2.34. The molecule has 1 unspecified atom stereocenters. The minimum absolute atomic E-state index is 0.0449. The van der Waals surface area contributed by atoms with Crippen LogP contribution < -0.4 is 10.6 Å². The molecule has 0 bridgehead atoms. The monoisotopic (exact) mass is 346 g/mol. The molecule has 0 aliphatic rings. The normalized spacial score (nSPS) is 12.2. The van der Waals surface area contributed by atoms with E-state index in [0.29, 0.717) is 31.7 Å². The van der Waals surface area contributed by atoms with Gasteiger partial charge in [-0.3, -0.25) is 4.79 Å². The van der Waals surface area contributed by atoms with Gasteiger partial charge in [0.05, 0.1) is 6.61 Å². The lowest BCUT2D eigenvalue weighted by molar-refractivity contribution is -0.121. The summed E-state index contributed by atoms with van der Waals surface area (Å²) in [6.45, 7) is 3.36. The fraction of sp³-hybridized carbons (Fsp3) is 0.500. The first-order valence-corrected chi connectivity index (χ1v) is 7.28. The van der Waals surface area contributed by atoms with Crippen molar-refractivity contribution < 1.29 is 13.9 Å². The second-order valence-electron chi connectivity index (χ2n) is 4.43. The van der Waals surface area contributed by atoms with Gasteiger partial charge in [0.15, 0.2) is 0 Å². The highest BCUT2D eigenvalue weighted by molar-refractivity contribution is 9.10. The van der Waals surface area contributed by atoms with Crippen molar-refractivity contribution in [1.29, 1.82) is 0 Å². The molecule has 0 fully saturated rings. The third kappa shape index (κ3) is 5.98. The summed E-state index contributed by atoms with van der Waals surface area (Å²) in [6, 6.07) is 4.68. The van der Waals surface area contributed by atoms with Crippen molar-refractivity contribution in [3.05, 3.63) is 34.1 Å². The van der Waals surface area contributed by atoms with Gasteiger partial charge in [-0.2, -0.15) is 0 Å². The topological polar surface area (TPSA) is 50.4 Å². The highest BCUT2D eigenvalue weighted by Crippen LogP contribution is 2.21. The second-order valence-corrected chi connectivity index (χ2v) is 5.35. The molecule has 1 aromatic carbocycles. The van der Waals surface area contributed by atoms with Gasteiger partial charge in [-0.15, -0.1) is 0 Å². The summed E-state index contributed by atoms with van der Waals surface area (Å²) in [4.78, 5) is 11.5. The van der Waals surface area contributed by atoms with E-state index in [9.17, 15) is 9.18 Å². The Bertz CT molecular complexity index is 443. The molecule has 20 heavy (non-hydrogen) atoms. The Labute approximate surface area is 127 Å². The fourth-order valence-corrected chi connectivity index (χ4v) is 2.12. The molecule has 0 heterocycles. The summed E-state index contributed by atoms with van der Waals surface area (Å²) in [5.74, 6) is -0.297. The van der Waals surface area contributed by atoms with Crippen molar-refractivity contribution in [3.63, 3.8) is 0 Å². The van der Waals surface area contributed by atoms with Crippen molar-refractivity contribution in [2.24, 2.45) is 0 Å². The quantitative estimate of drug-likeness (QED) is 0.710. The van der Waals surface area contributed by atoms with Crippen LogP contribution in [-0.4, -0.2) is 32.7 Å². The molecule has 4 nitrogen and oxygen atoms in total. The molecule has 2 N–H and O–H groups in total. The number of benzene rings is 1. The standard InChI is InChI=1S/C14H20BrFN2O2/c1-10(12-9-11(15)3-4-13(12)16)17-6-5-14(19)18-7-8-20-2/h3-4,9-10,17H,5-8H2,1-2H3,(H,18,19). The first-order chi connectivity index (χ1) is 9.54. The van der Waals surface area contributed by atoms with Crippen molar-refractivity contribution >= 4 is 21.8 Å². The second kappa shape index (κ2) is 9.05. The summed E-state index contributed by atoms with van der Waals surface area (Å²) >= 11 is 3.32. The van der Waals surface area contributed by atoms with Gasteiger partial charge in [-0.25, -0.2) is 4.39 Å². The number of amides is 1. The van der Waals surface area contributed by atoms with Crippen LogP contribution in [0.15, 0.2) is 22.7 Å². The zero-order valence-corrected chi connectivity index (χ0v) is 13.3. The number of carbonyl (C=O) groups is 1. The molecule has 0 aliphatic heterocycles. The molecule has 0 spiro atoms. The van der Waals surface area contributed by atoms with Crippen LogP contribution in [0.4, 0.5) is 4.39 Å². The predicted octanol–water partition coefficient (Wildman–Crippen LogP) is 2.39. The lowest BCUT2D eigenvalue weighted by Crippen LogP contribution is -2.31. The molecule has 0 saturated heterocycles. The van der Waals surface area contributed by atoms with E-state index in [-0.39, 0.29) is 17.8 Å². The average molecular weight is 347 g/mol. The van der Waals surface area contributed by atoms with Gasteiger partial charge in [-0.05, 0) is 25.1 Å². The maximum Gasteiger partial charge on any atom is 0.221 e. The Morgan fingerprint density at radius 1 is 1.45 bits per heavy atom. The van der Waals surface area contributed by atoms with Gasteiger partial charge >= 0.3 is 0 Å². The molecule has 1 rings (SSSR count). The van der Waals surface area contributed by atoms with Crippen molar-refractivity contribution in [1.82, 2.24) is 10.6 Å². The minimum atomic E-state index is -0.252. The summed E-state index contributed by atoms with van der Waals surface area (Å²) in [5, 5.41) is 5.87. The van der Waals surface area contributed by atoms with Gasteiger partial charge in [-0.1, -0.05) is 15.9 Å². The Morgan fingerprint density at radius 2 is 2.20 bits per heavy atom. The van der Waals surface area contributed by atoms with E-state index in [4.69, 9.17) is 4.74 Å². The molecule has 0 radical (unpaired) electrons. The van der Waals surface area contributed by atoms with Crippen LogP contribution in [0.1, 0.15) is 24.9 Å². The van der Waals surface area contributed by atoms with Gasteiger partial charge in [0.25, 0.3) is 0 Å². The molecule has 0 saturated carbocycles. The zero-order chi connectivity index (χ0) is 15.0. The predicted molar refractivity (Wildman–Crippen MR) is 80.0 cm³/mol. The van der Waals surface area contributed by atoms with Gasteiger partial charge in [0, 0.05) is 42.7 Å². The first kappa shape index (κ1) is 17.1. The Hall–Kier alpha value is -0.980. The fourth-order valence-electron chi connectivity index (χ4n) is 1.74. The van der Waals surface area contributed by atoms with E-state index in [1.54, 1.807) is 19.2 Å². The molecule has 1 atom stereocenters. The van der Waals surface area contributed by atoms with E-state index < -0.39 is 0 Å². The van der Waals surface area contributed by atoms with Crippen LogP contribution in [-0.2, 0) is 9.53 Å². The molecule has 0 aromatic heterocycles. The number of methoxy groups -OCH3 is 1. The van der Waals surface area contributed by atoms with Gasteiger partial charge in [0.1, 0.15) is 5.82 Å².